The van der Waals surface area contributed by atoms with Gasteiger partial charge in [-0.2, -0.15) is 0 Å². The summed E-state index contributed by atoms with van der Waals surface area (Å²) in [5.74, 6) is 0.260. The molecule has 1 amide bonds. The van der Waals surface area contributed by atoms with E-state index in [2.05, 4.69) is 35.5 Å². The second kappa shape index (κ2) is 6.56. The number of benzene rings is 1. The molecule has 4 heteroatoms. The van der Waals surface area contributed by atoms with Crippen molar-refractivity contribution in [3.05, 3.63) is 46.0 Å². The summed E-state index contributed by atoms with van der Waals surface area (Å²) in [5.41, 5.74) is 5.47. The van der Waals surface area contributed by atoms with Crippen LogP contribution in [0.3, 0.4) is 0 Å². The number of carbonyl (C=O) groups excluding carboxylic acids is 2. The van der Waals surface area contributed by atoms with Crippen LogP contribution >= 0.6 is 15.9 Å². The van der Waals surface area contributed by atoms with Gasteiger partial charge in [0.2, 0.25) is 5.91 Å². The van der Waals surface area contributed by atoms with Gasteiger partial charge in [-0.1, -0.05) is 19.1 Å². The van der Waals surface area contributed by atoms with Gasteiger partial charge in [0.15, 0.2) is 5.78 Å². The van der Waals surface area contributed by atoms with Gasteiger partial charge in [-0.05, 0) is 70.5 Å². The molecule has 3 rings (SSSR count). The van der Waals surface area contributed by atoms with Gasteiger partial charge in [0.25, 0.3) is 0 Å². The Labute approximate surface area is 157 Å². The van der Waals surface area contributed by atoms with Gasteiger partial charge in [0.1, 0.15) is 0 Å². The van der Waals surface area contributed by atoms with E-state index >= 15 is 0 Å². The van der Waals surface area contributed by atoms with Crippen LogP contribution in [0.15, 0.2) is 34.8 Å². The number of hydrogen-bond donors (Lipinski definition) is 0. The van der Waals surface area contributed by atoms with Crippen molar-refractivity contribution in [3.8, 4) is 0 Å². The van der Waals surface area contributed by atoms with Gasteiger partial charge in [0.05, 0.1) is 5.69 Å². The first kappa shape index (κ1) is 18.1. The molecular weight excluding hydrogens is 378 g/mol. The van der Waals surface area contributed by atoms with E-state index < -0.39 is 0 Å². The van der Waals surface area contributed by atoms with Crippen molar-refractivity contribution in [1.29, 1.82) is 0 Å². The molecule has 2 aliphatic carbocycles. The van der Waals surface area contributed by atoms with Gasteiger partial charge in [-0.25, -0.2) is 0 Å². The number of ketones is 1. The normalized spacial score (nSPS) is 21.8. The summed E-state index contributed by atoms with van der Waals surface area (Å²) in [5, 5.41) is 0. The highest BCUT2D eigenvalue weighted by Crippen LogP contribution is 2.57. The van der Waals surface area contributed by atoms with Crippen LogP contribution in [0, 0.1) is 5.41 Å². The van der Waals surface area contributed by atoms with Gasteiger partial charge in [0, 0.05) is 29.8 Å². The largest absolute Gasteiger partial charge is 0.308 e. The highest BCUT2D eigenvalue weighted by Gasteiger charge is 2.46. The summed E-state index contributed by atoms with van der Waals surface area (Å²) >= 11 is 3.76. The zero-order valence-corrected chi connectivity index (χ0v) is 16.7. The number of hydrogen-bond acceptors (Lipinski definition) is 2. The highest BCUT2D eigenvalue weighted by atomic mass is 79.9. The third-order valence-corrected chi connectivity index (χ3v) is 6.71. The minimum atomic E-state index is -0.00765. The first-order valence-electron chi connectivity index (χ1n) is 8.81. The Morgan fingerprint density at radius 2 is 2.16 bits per heavy atom. The average molecular weight is 402 g/mol. The third-order valence-electron chi connectivity index (χ3n) is 5.82. The molecule has 1 aromatic rings. The van der Waals surface area contributed by atoms with Crippen molar-refractivity contribution in [2.75, 3.05) is 11.4 Å². The van der Waals surface area contributed by atoms with Crippen molar-refractivity contribution in [1.82, 2.24) is 0 Å². The third kappa shape index (κ3) is 2.71. The monoisotopic (exact) mass is 401 g/mol. The summed E-state index contributed by atoms with van der Waals surface area (Å²) in [6.07, 6.45) is 5.23. The Morgan fingerprint density at radius 3 is 2.76 bits per heavy atom. The molecule has 0 fully saturated rings. The Bertz CT molecular complexity index is 808. The molecule has 132 valence electrons. The summed E-state index contributed by atoms with van der Waals surface area (Å²) in [4.78, 5) is 26.1. The zero-order chi connectivity index (χ0) is 18.4. The molecule has 0 saturated heterocycles. The molecule has 0 saturated carbocycles. The standard InChI is InChI=1S/C21H24BrNO2/c1-5-11-23(14(4)24)17-8-7-15-16(20(17)22)12-21(6-2)10-9-18(25)13(3)19(15)21/h5,7-8H,1,6,9-12H2,2-4H3. The summed E-state index contributed by atoms with van der Waals surface area (Å²) in [7, 11) is 0. The number of anilines is 1. The van der Waals surface area contributed by atoms with Crippen molar-refractivity contribution in [2.24, 2.45) is 5.41 Å². The summed E-state index contributed by atoms with van der Waals surface area (Å²) in [6, 6.07) is 4.07. The number of amides is 1. The number of carbonyl (C=O) groups is 2. The molecule has 0 aliphatic heterocycles. The minimum Gasteiger partial charge on any atom is -0.308 e. The van der Waals surface area contributed by atoms with Gasteiger partial charge in [-0.3, -0.25) is 9.59 Å². The second-order valence-electron chi connectivity index (χ2n) is 7.08. The van der Waals surface area contributed by atoms with Crippen LogP contribution in [0.2, 0.25) is 0 Å². The fraction of sp³-hybridized carbons (Fsp3) is 0.429. The first-order valence-corrected chi connectivity index (χ1v) is 9.61. The molecule has 2 aliphatic rings. The van der Waals surface area contributed by atoms with Crippen LogP contribution in [-0.4, -0.2) is 18.2 Å². The molecule has 25 heavy (non-hydrogen) atoms. The molecule has 0 radical (unpaired) electrons. The van der Waals surface area contributed by atoms with Crippen LogP contribution < -0.4 is 4.90 Å². The first-order chi connectivity index (χ1) is 11.9. The lowest BCUT2D eigenvalue weighted by atomic mass is 9.68. The van der Waals surface area contributed by atoms with E-state index in [-0.39, 0.29) is 17.1 Å². The molecule has 0 aromatic heterocycles. The Morgan fingerprint density at radius 1 is 1.44 bits per heavy atom. The van der Waals surface area contributed by atoms with E-state index in [1.165, 1.54) is 16.7 Å². The number of fused-ring (bicyclic) bond motifs is 3. The summed E-state index contributed by atoms with van der Waals surface area (Å²) in [6.45, 7) is 9.99. The van der Waals surface area contributed by atoms with Crippen LogP contribution in [0.4, 0.5) is 5.69 Å². The van der Waals surface area contributed by atoms with Crippen molar-refractivity contribution in [3.63, 3.8) is 0 Å². The van der Waals surface area contributed by atoms with Crippen molar-refractivity contribution < 1.29 is 9.59 Å². The number of rotatable bonds is 4. The maximum absolute atomic E-state index is 12.3. The van der Waals surface area contributed by atoms with Crippen molar-refractivity contribution >= 4 is 38.9 Å². The van der Waals surface area contributed by atoms with E-state index in [1.54, 1.807) is 17.9 Å². The van der Waals surface area contributed by atoms with E-state index in [1.807, 2.05) is 13.0 Å². The fourth-order valence-corrected chi connectivity index (χ4v) is 5.13. The molecule has 0 heterocycles. The summed E-state index contributed by atoms with van der Waals surface area (Å²) < 4.78 is 0.969. The van der Waals surface area contributed by atoms with Crippen LogP contribution in [0.1, 0.15) is 51.2 Å². The van der Waals surface area contributed by atoms with E-state index in [4.69, 9.17) is 0 Å². The van der Waals surface area contributed by atoms with E-state index in [0.717, 1.165) is 35.0 Å². The smallest absolute Gasteiger partial charge is 0.224 e. The van der Waals surface area contributed by atoms with Gasteiger partial charge >= 0.3 is 0 Å². The quantitative estimate of drug-likeness (QED) is 0.659. The molecule has 1 aromatic carbocycles. The molecule has 0 N–H and O–H groups in total. The Hall–Kier alpha value is -1.68. The molecule has 1 atom stereocenters. The van der Waals surface area contributed by atoms with Crippen LogP contribution in [0.25, 0.3) is 5.57 Å². The Balaban J connectivity index is 2.19. The lowest BCUT2D eigenvalue weighted by molar-refractivity contribution is -0.117. The highest BCUT2D eigenvalue weighted by molar-refractivity contribution is 9.10. The Kier molecular flexibility index (Phi) is 4.76. The second-order valence-corrected chi connectivity index (χ2v) is 7.87. The number of allylic oxidation sites excluding steroid dienone is 2. The molecule has 0 spiro atoms. The maximum Gasteiger partial charge on any atom is 0.224 e. The topological polar surface area (TPSA) is 37.4 Å². The van der Waals surface area contributed by atoms with Crippen LogP contribution in [0.5, 0.6) is 0 Å². The lowest BCUT2D eigenvalue weighted by Crippen LogP contribution is -2.29. The zero-order valence-electron chi connectivity index (χ0n) is 15.1. The van der Waals surface area contributed by atoms with Gasteiger partial charge in [-0.15, -0.1) is 6.58 Å². The van der Waals surface area contributed by atoms with Gasteiger partial charge < -0.3 is 4.90 Å². The maximum atomic E-state index is 12.3. The average Bonchev–Trinajstić information content (AvgIpc) is 2.93. The number of nitrogens with zero attached hydrogens (tertiary/aromatic N) is 1. The van der Waals surface area contributed by atoms with E-state index in [0.29, 0.717) is 13.0 Å². The predicted molar refractivity (Wildman–Crippen MR) is 106 cm³/mol. The van der Waals surface area contributed by atoms with Crippen molar-refractivity contribution in [2.45, 2.75) is 46.5 Å². The SMILES string of the molecule is C=CCN(C(C)=O)c1ccc2c(c1Br)CC1(CC)CCC(=O)C(C)=C21. The fourth-order valence-electron chi connectivity index (χ4n) is 4.43. The molecule has 3 nitrogen and oxygen atoms in total. The molecule has 1 unspecified atom stereocenters. The molecular formula is C21H24BrNO2. The number of halogens is 1. The van der Waals surface area contributed by atoms with E-state index in [9.17, 15) is 9.59 Å². The minimum absolute atomic E-state index is 0.00765. The van der Waals surface area contributed by atoms with Crippen LogP contribution in [-0.2, 0) is 16.0 Å². The predicted octanol–water partition coefficient (Wildman–Crippen LogP) is 5.08. The lowest BCUT2D eigenvalue weighted by Gasteiger charge is -2.34. The number of Topliss-reactive ketones (excluding diaryl/α,β-unsaturated/α-hetero) is 1. The molecule has 0 bridgehead atoms.